The fourth-order valence-electron chi connectivity index (χ4n) is 5.31. The van der Waals surface area contributed by atoms with Crippen molar-refractivity contribution >= 4 is 23.4 Å². The number of nitrogens with zero attached hydrogens (tertiary/aromatic N) is 4. The van der Waals surface area contributed by atoms with Crippen LogP contribution in [0.3, 0.4) is 0 Å². The molecular weight excluding hydrogens is 533 g/mol. The zero-order valence-electron chi connectivity index (χ0n) is 23.0. The maximum absolute atomic E-state index is 13.4. The van der Waals surface area contributed by atoms with E-state index in [4.69, 9.17) is 5.26 Å². The number of rotatable bonds is 10. The average Bonchev–Trinajstić information content (AvgIpc) is 3.17. The monoisotopic (exact) mass is 566 g/mol. The van der Waals surface area contributed by atoms with Crippen LogP contribution in [0.1, 0.15) is 55.7 Å². The van der Waals surface area contributed by atoms with Gasteiger partial charge in [-0.25, -0.2) is 4.90 Å². The average molecular weight is 567 g/mol. The van der Waals surface area contributed by atoms with Crippen molar-refractivity contribution < 1.29 is 27.6 Å². The number of carbonyl (C=O) groups excluding carboxylic acids is 3. The third kappa shape index (κ3) is 7.22. The number of hydrogen-bond acceptors (Lipinski definition) is 5. The zero-order chi connectivity index (χ0) is 29.6. The van der Waals surface area contributed by atoms with Gasteiger partial charge in [-0.3, -0.25) is 19.3 Å². The number of alkyl halides is 3. The lowest BCUT2D eigenvalue weighted by atomic mass is 10.0. The highest BCUT2D eigenvalue weighted by Gasteiger charge is 2.39. The van der Waals surface area contributed by atoms with Crippen LogP contribution >= 0.6 is 0 Å². The minimum atomic E-state index is -4.79. The van der Waals surface area contributed by atoms with E-state index in [1.807, 2.05) is 35.2 Å². The van der Waals surface area contributed by atoms with Crippen molar-refractivity contribution in [1.29, 1.82) is 5.26 Å². The number of amides is 3. The van der Waals surface area contributed by atoms with Gasteiger partial charge in [-0.1, -0.05) is 43.2 Å². The van der Waals surface area contributed by atoms with Crippen LogP contribution in [0.25, 0.3) is 0 Å². The molecule has 2 heterocycles. The topological polar surface area (TPSA) is 84.7 Å². The number of halogens is 3. The minimum Gasteiger partial charge on any atom is -0.340 e. The molecule has 0 atom stereocenters. The van der Waals surface area contributed by atoms with Gasteiger partial charge >= 0.3 is 6.18 Å². The van der Waals surface area contributed by atoms with E-state index in [-0.39, 0.29) is 17.2 Å². The van der Waals surface area contributed by atoms with Gasteiger partial charge in [0.1, 0.15) is 0 Å². The van der Waals surface area contributed by atoms with Gasteiger partial charge in [0.2, 0.25) is 5.91 Å². The molecule has 0 saturated carbocycles. The first-order valence-electron chi connectivity index (χ1n) is 13.8. The van der Waals surface area contributed by atoms with Gasteiger partial charge < -0.3 is 4.90 Å². The lowest BCUT2D eigenvalue weighted by Crippen LogP contribution is -2.49. The van der Waals surface area contributed by atoms with E-state index in [1.165, 1.54) is 19.1 Å². The second-order valence-corrected chi connectivity index (χ2v) is 10.4. The van der Waals surface area contributed by atoms with Gasteiger partial charge in [0, 0.05) is 37.3 Å². The Balaban J connectivity index is 1.19. The van der Waals surface area contributed by atoms with Crippen LogP contribution in [0, 0.1) is 11.3 Å². The SMILES string of the molecule is CC1=C(CCCCCCN2CCN(C(=O)Cc3ccccc3)CC2)C(=O)N(c2ccc(C#N)c(C(F)(F)F)c2)C1=O. The molecule has 1 fully saturated rings. The van der Waals surface area contributed by atoms with E-state index < -0.39 is 29.1 Å². The summed E-state index contributed by atoms with van der Waals surface area (Å²) in [6.45, 7) is 5.56. The largest absolute Gasteiger partial charge is 0.417 e. The number of piperazine rings is 1. The maximum atomic E-state index is 13.4. The predicted octanol–water partition coefficient (Wildman–Crippen LogP) is 5.10. The fourth-order valence-corrected chi connectivity index (χ4v) is 5.31. The second kappa shape index (κ2) is 13.1. The third-order valence-corrected chi connectivity index (χ3v) is 7.70. The van der Waals surface area contributed by atoms with Crippen LogP contribution < -0.4 is 4.90 Å². The number of nitriles is 1. The number of anilines is 1. The van der Waals surface area contributed by atoms with Crippen LogP contribution in [0.5, 0.6) is 0 Å². The Kier molecular flexibility index (Phi) is 9.61. The Hall–Kier alpha value is -3.97. The number of hydrogen-bond donors (Lipinski definition) is 0. The summed E-state index contributed by atoms with van der Waals surface area (Å²) in [5.41, 5.74) is -0.348. The third-order valence-electron chi connectivity index (χ3n) is 7.70. The molecule has 2 aliphatic rings. The van der Waals surface area contributed by atoms with Crippen molar-refractivity contribution in [2.24, 2.45) is 0 Å². The first kappa shape index (κ1) is 30.0. The lowest BCUT2D eigenvalue weighted by Gasteiger charge is -2.34. The van der Waals surface area contributed by atoms with Gasteiger partial charge in [0.25, 0.3) is 11.8 Å². The minimum absolute atomic E-state index is 0.152. The molecule has 0 aliphatic carbocycles. The first-order valence-corrected chi connectivity index (χ1v) is 13.8. The summed E-state index contributed by atoms with van der Waals surface area (Å²) in [6, 6.07) is 14.1. The Morgan fingerprint density at radius 3 is 2.27 bits per heavy atom. The molecule has 0 N–H and O–H groups in total. The molecule has 2 aromatic carbocycles. The number of unbranched alkanes of at least 4 members (excludes halogenated alkanes) is 3. The predicted molar refractivity (Wildman–Crippen MR) is 148 cm³/mol. The molecule has 2 aliphatic heterocycles. The molecule has 7 nitrogen and oxygen atoms in total. The Morgan fingerprint density at radius 1 is 0.927 bits per heavy atom. The summed E-state index contributed by atoms with van der Waals surface area (Å²) in [5, 5.41) is 9.01. The van der Waals surface area contributed by atoms with Crippen molar-refractivity contribution in [2.75, 3.05) is 37.6 Å². The van der Waals surface area contributed by atoms with Crippen LogP contribution in [-0.4, -0.2) is 60.2 Å². The summed E-state index contributed by atoms with van der Waals surface area (Å²) in [6.07, 6.45) is -0.546. The summed E-state index contributed by atoms with van der Waals surface area (Å²) in [5.74, 6) is -1.09. The first-order chi connectivity index (χ1) is 19.6. The van der Waals surface area contributed by atoms with E-state index in [1.54, 1.807) is 0 Å². The van der Waals surface area contributed by atoms with E-state index >= 15 is 0 Å². The smallest absolute Gasteiger partial charge is 0.340 e. The molecule has 41 heavy (non-hydrogen) atoms. The zero-order valence-corrected chi connectivity index (χ0v) is 23.0. The van der Waals surface area contributed by atoms with Crippen LogP contribution in [0.2, 0.25) is 0 Å². The molecule has 0 spiro atoms. The Labute approximate surface area is 237 Å². The number of imide groups is 1. The summed E-state index contributed by atoms with van der Waals surface area (Å²) in [7, 11) is 0. The van der Waals surface area contributed by atoms with Gasteiger partial charge in [0.05, 0.1) is 29.3 Å². The standard InChI is InChI=1S/C31H33F3N4O3/c1-22-26(30(41)38(29(22)40)25-13-12-24(21-35)27(20-25)31(32,33)34)11-7-2-3-8-14-36-15-17-37(18-16-36)28(39)19-23-9-5-4-6-10-23/h4-6,9-10,12-13,20H,2-3,7-8,11,14-19H2,1H3. The number of benzene rings is 2. The summed E-state index contributed by atoms with van der Waals surface area (Å²) < 4.78 is 40.2. The van der Waals surface area contributed by atoms with Gasteiger partial charge in [-0.15, -0.1) is 0 Å². The van der Waals surface area contributed by atoms with E-state index in [0.29, 0.717) is 30.9 Å². The van der Waals surface area contributed by atoms with Crippen LogP contribution in [0.15, 0.2) is 59.7 Å². The highest BCUT2D eigenvalue weighted by molar-refractivity contribution is 6.32. The van der Waals surface area contributed by atoms with E-state index in [2.05, 4.69) is 4.90 Å². The van der Waals surface area contributed by atoms with Crippen molar-refractivity contribution in [2.45, 2.75) is 51.6 Å². The van der Waals surface area contributed by atoms with Gasteiger partial charge in [-0.05, 0) is 56.5 Å². The molecule has 0 unspecified atom stereocenters. The molecular formula is C31H33F3N4O3. The lowest BCUT2D eigenvalue weighted by molar-refractivity contribution is -0.138. The Bertz CT molecular complexity index is 1360. The molecule has 2 aromatic rings. The summed E-state index contributed by atoms with van der Waals surface area (Å²) >= 11 is 0. The Morgan fingerprint density at radius 2 is 1.61 bits per heavy atom. The van der Waals surface area contributed by atoms with Crippen molar-refractivity contribution in [1.82, 2.24) is 9.80 Å². The summed E-state index contributed by atoms with van der Waals surface area (Å²) in [4.78, 5) is 43.4. The molecule has 0 aromatic heterocycles. The van der Waals surface area contributed by atoms with E-state index in [0.717, 1.165) is 68.5 Å². The molecule has 0 bridgehead atoms. The second-order valence-electron chi connectivity index (χ2n) is 10.4. The van der Waals surface area contributed by atoms with Crippen molar-refractivity contribution in [3.63, 3.8) is 0 Å². The molecule has 1 saturated heterocycles. The van der Waals surface area contributed by atoms with Crippen LogP contribution in [0.4, 0.5) is 18.9 Å². The molecule has 4 rings (SSSR count). The normalized spacial score (nSPS) is 16.5. The van der Waals surface area contributed by atoms with Crippen molar-refractivity contribution in [3.8, 4) is 6.07 Å². The van der Waals surface area contributed by atoms with Gasteiger partial charge in [0.15, 0.2) is 0 Å². The molecule has 10 heteroatoms. The van der Waals surface area contributed by atoms with E-state index in [9.17, 15) is 27.6 Å². The number of carbonyl (C=O) groups is 3. The quantitative estimate of drug-likeness (QED) is 0.295. The maximum Gasteiger partial charge on any atom is 0.417 e. The van der Waals surface area contributed by atoms with Gasteiger partial charge in [-0.2, -0.15) is 18.4 Å². The molecule has 216 valence electrons. The van der Waals surface area contributed by atoms with Crippen LogP contribution in [-0.2, 0) is 27.0 Å². The fraction of sp³-hybridized carbons (Fsp3) is 0.419. The highest BCUT2D eigenvalue weighted by atomic mass is 19.4. The highest BCUT2D eigenvalue weighted by Crippen LogP contribution is 2.37. The molecule has 3 amide bonds. The molecule has 0 radical (unpaired) electrons. The van der Waals surface area contributed by atoms with Crippen molar-refractivity contribution in [3.05, 3.63) is 76.4 Å².